The average molecular weight is 225 g/mol. The lowest BCUT2D eigenvalue weighted by molar-refractivity contribution is 0.0851. The Balaban J connectivity index is 1.78. The molecule has 2 rings (SSSR count). The van der Waals surface area contributed by atoms with Crippen molar-refractivity contribution in [3.05, 3.63) is 0 Å². The highest BCUT2D eigenvalue weighted by Gasteiger charge is 2.32. The summed E-state index contributed by atoms with van der Waals surface area (Å²) in [6.07, 6.45) is 7.00. The van der Waals surface area contributed by atoms with E-state index in [1.54, 1.807) is 0 Å². The van der Waals surface area contributed by atoms with Crippen LogP contribution >= 0.6 is 0 Å². The molecular weight excluding hydrogens is 198 g/mol. The van der Waals surface area contributed by atoms with E-state index in [0.29, 0.717) is 0 Å². The van der Waals surface area contributed by atoms with Crippen molar-refractivity contribution in [2.75, 3.05) is 40.3 Å². The van der Waals surface area contributed by atoms with Gasteiger partial charge in [-0.15, -0.1) is 0 Å². The Hall–Kier alpha value is -0.120. The van der Waals surface area contributed by atoms with E-state index in [1.807, 2.05) is 0 Å². The summed E-state index contributed by atoms with van der Waals surface area (Å²) < 4.78 is 0. The Kier molecular flexibility index (Phi) is 4.62. The molecule has 0 unspecified atom stereocenters. The second-order valence-electron chi connectivity index (χ2n) is 5.61. The molecular formula is C13H27N3. The summed E-state index contributed by atoms with van der Waals surface area (Å²) >= 11 is 0. The number of piperazine rings is 1. The van der Waals surface area contributed by atoms with Gasteiger partial charge in [-0.05, 0) is 46.4 Å². The lowest BCUT2D eigenvalue weighted by Crippen LogP contribution is -2.59. The van der Waals surface area contributed by atoms with Gasteiger partial charge in [-0.1, -0.05) is 12.8 Å². The fraction of sp³-hybridized carbons (Fsp3) is 1.00. The molecule has 1 aliphatic heterocycles. The molecule has 2 atom stereocenters. The normalized spacial score (nSPS) is 31.7. The first kappa shape index (κ1) is 12.3. The smallest absolute Gasteiger partial charge is 0.0249 e. The van der Waals surface area contributed by atoms with Gasteiger partial charge in [0.15, 0.2) is 0 Å². The molecule has 16 heavy (non-hydrogen) atoms. The summed E-state index contributed by atoms with van der Waals surface area (Å²) in [7, 11) is 4.34. The highest BCUT2D eigenvalue weighted by molar-refractivity contribution is 4.91. The number of rotatable bonds is 4. The van der Waals surface area contributed by atoms with Gasteiger partial charge >= 0.3 is 0 Å². The van der Waals surface area contributed by atoms with Crippen molar-refractivity contribution in [1.82, 2.24) is 15.1 Å². The van der Waals surface area contributed by atoms with E-state index in [4.69, 9.17) is 0 Å². The summed E-state index contributed by atoms with van der Waals surface area (Å²) in [4.78, 5) is 5.03. The van der Waals surface area contributed by atoms with Gasteiger partial charge in [0.1, 0.15) is 0 Å². The lowest BCUT2D eigenvalue weighted by atomic mass is 9.87. The summed E-state index contributed by atoms with van der Waals surface area (Å²) in [6, 6.07) is 1.63. The van der Waals surface area contributed by atoms with Crippen molar-refractivity contribution < 1.29 is 0 Å². The van der Waals surface area contributed by atoms with Gasteiger partial charge in [0.05, 0.1) is 0 Å². The molecule has 1 heterocycles. The highest BCUT2D eigenvalue weighted by atomic mass is 15.2. The molecule has 2 fully saturated rings. The SMILES string of the molecule is CN(C)CCCN1CCN[C@@H]2CCCC[C@@H]21. The third kappa shape index (κ3) is 3.19. The molecule has 0 spiro atoms. The van der Waals surface area contributed by atoms with Crippen LogP contribution in [0.15, 0.2) is 0 Å². The molecule has 0 aromatic carbocycles. The topological polar surface area (TPSA) is 18.5 Å². The molecule has 0 bridgehead atoms. The zero-order valence-corrected chi connectivity index (χ0v) is 10.9. The molecule has 2 aliphatic rings. The van der Waals surface area contributed by atoms with Crippen LogP contribution in [0.5, 0.6) is 0 Å². The van der Waals surface area contributed by atoms with E-state index in [-0.39, 0.29) is 0 Å². The molecule has 1 saturated heterocycles. The van der Waals surface area contributed by atoms with Crippen molar-refractivity contribution in [2.45, 2.75) is 44.2 Å². The summed E-state index contributed by atoms with van der Waals surface area (Å²) in [6.45, 7) is 4.97. The van der Waals surface area contributed by atoms with Gasteiger partial charge in [0.25, 0.3) is 0 Å². The maximum atomic E-state index is 3.70. The van der Waals surface area contributed by atoms with Crippen LogP contribution in [-0.4, -0.2) is 62.2 Å². The van der Waals surface area contributed by atoms with Crippen LogP contribution in [0.25, 0.3) is 0 Å². The Morgan fingerprint density at radius 1 is 1.25 bits per heavy atom. The second kappa shape index (κ2) is 5.99. The fourth-order valence-electron chi connectivity index (χ4n) is 3.21. The largest absolute Gasteiger partial charge is 0.311 e. The quantitative estimate of drug-likeness (QED) is 0.774. The standard InChI is InChI=1S/C13H27N3/c1-15(2)9-5-10-16-11-8-14-12-6-3-4-7-13(12)16/h12-14H,3-11H2,1-2H3/t12-,13+/m1/s1. The third-order valence-corrected chi connectivity index (χ3v) is 4.05. The summed E-state index contributed by atoms with van der Waals surface area (Å²) in [5, 5.41) is 3.70. The number of hydrogen-bond acceptors (Lipinski definition) is 3. The minimum atomic E-state index is 0.793. The van der Waals surface area contributed by atoms with Crippen LogP contribution in [0.4, 0.5) is 0 Å². The van der Waals surface area contributed by atoms with Crippen LogP contribution in [0.3, 0.4) is 0 Å². The maximum Gasteiger partial charge on any atom is 0.0249 e. The van der Waals surface area contributed by atoms with Gasteiger partial charge in [-0.2, -0.15) is 0 Å². The first-order chi connectivity index (χ1) is 7.77. The Bertz CT molecular complexity index is 203. The Morgan fingerprint density at radius 3 is 2.88 bits per heavy atom. The van der Waals surface area contributed by atoms with E-state index in [2.05, 4.69) is 29.2 Å². The minimum Gasteiger partial charge on any atom is -0.311 e. The van der Waals surface area contributed by atoms with E-state index in [0.717, 1.165) is 12.1 Å². The fourth-order valence-corrected chi connectivity index (χ4v) is 3.21. The second-order valence-corrected chi connectivity index (χ2v) is 5.61. The molecule has 1 saturated carbocycles. The molecule has 0 aromatic rings. The molecule has 1 aliphatic carbocycles. The number of hydrogen-bond donors (Lipinski definition) is 1. The molecule has 0 radical (unpaired) electrons. The van der Waals surface area contributed by atoms with Gasteiger partial charge in [-0.3, -0.25) is 4.90 Å². The average Bonchev–Trinajstić information content (AvgIpc) is 2.29. The zero-order chi connectivity index (χ0) is 11.4. The highest BCUT2D eigenvalue weighted by Crippen LogP contribution is 2.25. The van der Waals surface area contributed by atoms with E-state index < -0.39 is 0 Å². The number of fused-ring (bicyclic) bond motifs is 1. The van der Waals surface area contributed by atoms with Gasteiger partial charge < -0.3 is 10.2 Å². The van der Waals surface area contributed by atoms with Gasteiger partial charge in [-0.25, -0.2) is 0 Å². The van der Waals surface area contributed by atoms with Crippen molar-refractivity contribution >= 4 is 0 Å². The summed E-state index contributed by atoms with van der Waals surface area (Å²) in [5.41, 5.74) is 0. The molecule has 94 valence electrons. The molecule has 3 heteroatoms. The molecule has 0 aromatic heterocycles. The maximum absolute atomic E-state index is 3.70. The van der Waals surface area contributed by atoms with Crippen LogP contribution in [0.2, 0.25) is 0 Å². The van der Waals surface area contributed by atoms with Crippen LogP contribution in [0.1, 0.15) is 32.1 Å². The van der Waals surface area contributed by atoms with Gasteiger partial charge in [0.2, 0.25) is 0 Å². The van der Waals surface area contributed by atoms with Crippen molar-refractivity contribution in [2.24, 2.45) is 0 Å². The summed E-state index contributed by atoms with van der Waals surface area (Å²) in [5.74, 6) is 0. The van der Waals surface area contributed by atoms with E-state index >= 15 is 0 Å². The first-order valence-electron chi connectivity index (χ1n) is 6.89. The van der Waals surface area contributed by atoms with E-state index in [9.17, 15) is 0 Å². The minimum absolute atomic E-state index is 0.793. The zero-order valence-electron chi connectivity index (χ0n) is 10.9. The van der Waals surface area contributed by atoms with Gasteiger partial charge in [0, 0.05) is 25.2 Å². The number of nitrogens with zero attached hydrogens (tertiary/aromatic N) is 2. The molecule has 3 nitrogen and oxygen atoms in total. The Labute approximate surface area is 100 Å². The van der Waals surface area contributed by atoms with Crippen LogP contribution in [-0.2, 0) is 0 Å². The third-order valence-electron chi connectivity index (χ3n) is 4.05. The molecule has 0 amide bonds. The lowest BCUT2D eigenvalue weighted by Gasteiger charge is -2.44. The van der Waals surface area contributed by atoms with Crippen LogP contribution < -0.4 is 5.32 Å². The first-order valence-corrected chi connectivity index (χ1v) is 6.89. The van der Waals surface area contributed by atoms with Crippen molar-refractivity contribution in [1.29, 1.82) is 0 Å². The predicted molar refractivity (Wildman–Crippen MR) is 68.8 cm³/mol. The predicted octanol–water partition coefficient (Wildman–Crippen LogP) is 1.15. The van der Waals surface area contributed by atoms with Crippen molar-refractivity contribution in [3.8, 4) is 0 Å². The monoisotopic (exact) mass is 225 g/mol. The van der Waals surface area contributed by atoms with Crippen molar-refractivity contribution in [3.63, 3.8) is 0 Å². The van der Waals surface area contributed by atoms with Crippen LogP contribution in [0, 0.1) is 0 Å². The number of nitrogens with one attached hydrogen (secondary N) is 1. The Morgan fingerprint density at radius 2 is 2.06 bits per heavy atom. The van der Waals surface area contributed by atoms with E-state index in [1.165, 1.54) is 58.3 Å². The molecule has 1 N–H and O–H groups in total.